The Hall–Kier alpha value is -2.98. The van der Waals surface area contributed by atoms with Crippen LogP contribution in [0, 0.1) is 16.0 Å². The summed E-state index contributed by atoms with van der Waals surface area (Å²) in [5.74, 6) is -3.20. The maximum atomic E-state index is 12.4. The van der Waals surface area contributed by atoms with Gasteiger partial charge >= 0.3 is 12.6 Å². The van der Waals surface area contributed by atoms with Gasteiger partial charge in [0.2, 0.25) is 0 Å². The zero-order valence-electron chi connectivity index (χ0n) is 13.3. The van der Waals surface area contributed by atoms with Crippen molar-refractivity contribution in [2.75, 3.05) is 13.7 Å². The molecule has 0 radical (unpaired) electrons. The summed E-state index contributed by atoms with van der Waals surface area (Å²) in [5, 5.41) is 22.1. The number of benzene rings is 1. The number of carboxylic acid groups (broad SMARTS) is 1. The van der Waals surface area contributed by atoms with Crippen LogP contribution < -0.4 is 14.8 Å². The van der Waals surface area contributed by atoms with Crippen molar-refractivity contribution < 1.29 is 37.9 Å². The summed E-state index contributed by atoms with van der Waals surface area (Å²) in [6, 6.07) is 1.58. The van der Waals surface area contributed by atoms with Gasteiger partial charge in [-0.1, -0.05) is 6.92 Å². The molecule has 1 aromatic rings. The molecule has 2 N–H and O–H groups in total. The molecular weight excluding hydrogens is 346 g/mol. The lowest BCUT2D eigenvalue weighted by Crippen LogP contribution is -2.29. The van der Waals surface area contributed by atoms with Crippen molar-refractivity contribution in [1.82, 2.24) is 5.32 Å². The number of hydrogen-bond donors (Lipinski definition) is 2. The highest BCUT2D eigenvalue weighted by molar-refractivity contribution is 5.99. The summed E-state index contributed by atoms with van der Waals surface area (Å²) in [6.45, 7) is -1.70. The van der Waals surface area contributed by atoms with Crippen molar-refractivity contribution in [3.05, 3.63) is 27.8 Å². The normalized spacial score (nSPS) is 11.7. The van der Waals surface area contributed by atoms with E-state index in [0.717, 1.165) is 13.2 Å². The Morgan fingerprint density at radius 1 is 1.36 bits per heavy atom. The van der Waals surface area contributed by atoms with E-state index in [2.05, 4.69) is 10.1 Å². The SMILES string of the molecule is COc1cc(C(=O)NCC(C)CC(=O)O)c([N+](=O)[O-])cc1OC(F)F. The van der Waals surface area contributed by atoms with Gasteiger partial charge in [-0.25, -0.2) is 0 Å². The first-order valence-electron chi connectivity index (χ1n) is 6.96. The molecule has 0 aliphatic rings. The highest BCUT2D eigenvalue weighted by Crippen LogP contribution is 2.35. The van der Waals surface area contributed by atoms with Gasteiger partial charge in [0.25, 0.3) is 11.6 Å². The quantitative estimate of drug-likeness (QED) is 0.508. The van der Waals surface area contributed by atoms with Crippen molar-refractivity contribution in [2.45, 2.75) is 20.0 Å². The third kappa shape index (κ3) is 5.86. The number of amides is 1. The van der Waals surface area contributed by atoms with E-state index in [-0.39, 0.29) is 18.7 Å². The summed E-state index contributed by atoms with van der Waals surface area (Å²) in [6.07, 6.45) is -0.202. The third-order valence-corrected chi connectivity index (χ3v) is 3.07. The Morgan fingerprint density at radius 3 is 2.48 bits per heavy atom. The third-order valence-electron chi connectivity index (χ3n) is 3.07. The smallest absolute Gasteiger partial charge is 0.387 e. The Balaban J connectivity index is 3.09. The summed E-state index contributed by atoms with van der Waals surface area (Å²) in [7, 11) is 1.12. The number of carbonyl (C=O) groups is 2. The summed E-state index contributed by atoms with van der Waals surface area (Å²) in [4.78, 5) is 32.9. The maximum absolute atomic E-state index is 12.4. The molecule has 0 saturated heterocycles. The molecule has 1 atom stereocenters. The van der Waals surface area contributed by atoms with E-state index in [0.29, 0.717) is 6.07 Å². The van der Waals surface area contributed by atoms with Crippen molar-refractivity contribution in [3.63, 3.8) is 0 Å². The maximum Gasteiger partial charge on any atom is 0.387 e. The van der Waals surface area contributed by atoms with Crippen LogP contribution in [0.2, 0.25) is 0 Å². The zero-order valence-corrected chi connectivity index (χ0v) is 13.3. The predicted molar refractivity (Wildman–Crippen MR) is 80.0 cm³/mol. The number of ether oxygens (including phenoxy) is 2. The fourth-order valence-corrected chi connectivity index (χ4v) is 1.96. The van der Waals surface area contributed by atoms with Gasteiger partial charge in [0.05, 0.1) is 18.1 Å². The van der Waals surface area contributed by atoms with Gasteiger partial charge in [0.1, 0.15) is 5.56 Å². The summed E-state index contributed by atoms with van der Waals surface area (Å²) >= 11 is 0. The molecule has 9 nitrogen and oxygen atoms in total. The van der Waals surface area contributed by atoms with Crippen LogP contribution in [0.25, 0.3) is 0 Å². The number of nitro groups is 1. The number of nitrogens with zero attached hydrogens (tertiary/aromatic N) is 1. The largest absolute Gasteiger partial charge is 0.493 e. The highest BCUT2D eigenvalue weighted by Gasteiger charge is 2.26. The molecule has 0 spiro atoms. The minimum atomic E-state index is -3.23. The molecule has 11 heteroatoms. The minimum absolute atomic E-state index is 0.0418. The van der Waals surface area contributed by atoms with Crippen LogP contribution in [0.4, 0.5) is 14.5 Å². The molecule has 0 aromatic heterocycles. The molecule has 0 fully saturated rings. The molecule has 0 bridgehead atoms. The van der Waals surface area contributed by atoms with Crippen molar-refractivity contribution in [1.29, 1.82) is 0 Å². The molecule has 138 valence electrons. The van der Waals surface area contributed by atoms with Crippen LogP contribution in [-0.2, 0) is 4.79 Å². The molecule has 0 aliphatic heterocycles. The molecule has 25 heavy (non-hydrogen) atoms. The number of alkyl halides is 2. The fraction of sp³-hybridized carbons (Fsp3) is 0.429. The fourth-order valence-electron chi connectivity index (χ4n) is 1.96. The standard InChI is InChI=1S/C14H16F2N2O7/c1-7(3-12(19)20)6-17-13(21)8-4-10(24-2)11(25-14(15)16)5-9(8)18(22)23/h4-5,7,14H,3,6H2,1-2H3,(H,17,21)(H,19,20). The number of rotatable bonds is 9. The van der Waals surface area contributed by atoms with Crippen LogP contribution in [0.15, 0.2) is 12.1 Å². The van der Waals surface area contributed by atoms with Gasteiger partial charge in [-0.3, -0.25) is 19.7 Å². The van der Waals surface area contributed by atoms with Crippen molar-refractivity contribution in [3.8, 4) is 11.5 Å². The van der Waals surface area contributed by atoms with Crippen molar-refractivity contribution in [2.24, 2.45) is 5.92 Å². The topological polar surface area (TPSA) is 128 Å². The Kier molecular flexibility index (Phi) is 7.03. The van der Waals surface area contributed by atoms with Gasteiger partial charge in [-0.15, -0.1) is 0 Å². The summed E-state index contributed by atoms with van der Waals surface area (Å²) < 4.78 is 33.7. The zero-order chi connectivity index (χ0) is 19.1. The minimum Gasteiger partial charge on any atom is -0.493 e. The lowest BCUT2D eigenvalue weighted by Gasteiger charge is -2.13. The van der Waals surface area contributed by atoms with E-state index >= 15 is 0 Å². The van der Waals surface area contributed by atoms with E-state index in [1.165, 1.54) is 0 Å². The first kappa shape index (κ1) is 20.1. The van der Waals surface area contributed by atoms with Gasteiger partial charge in [0.15, 0.2) is 11.5 Å². The van der Waals surface area contributed by atoms with Crippen LogP contribution in [0.1, 0.15) is 23.7 Å². The molecule has 0 heterocycles. The molecular formula is C14H16F2N2O7. The number of methoxy groups -OCH3 is 1. The molecule has 1 aromatic carbocycles. The Labute approximate surface area is 140 Å². The van der Waals surface area contributed by atoms with E-state index in [1.807, 2.05) is 0 Å². The first-order valence-corrected chi connectivity index (χ1v) is 6.96. The molecule has 1 amide bonds. The number of nitro benzene ring substituents is 1. The number of carboxylic acids is 1. The van der Waals surface area contributed by atoms with Gasteiger partial charge < -0.3 is 19.9 Å². The lowest BCUT2D eigenvalue weighted by molar-refractivity contribution is -0.385. The van der Waals surface area contributed by atoms with Crippen LogP contribution in [-0.4, -0.2) is 42.2 Å². The van der Waals surface area contributed by atoms with E-state index < -0.39 is 46.3 Å². The number of nitrogens with one attached hydrogen (secondary N) is 1. The number of carbonyl (C=O) groups excluding carboxylic acids is 1. The lowest BCUT2D eigenvalue weighted by atomic mass is 10.1. The average molecular weight is 362 g/mol. The number of aliphatic carboxylic acids is 1. The number of halogens is 2. The second kappa shape index (κ2) is 8.76. The van der Waals surface area contributed by atoms with E-state index in [4.69, 9.17) is 9.84 Å². The van der Waals surface area contributed by atoms with Gasteiger partial charge in [-0.2, -0.15) is 8.78 Å². The first-order chi connectivity index (χ1) is 11.6. The van der Waals surface area contributed by atoms with Gasteiger partial charge in [0, 0.05) is 19.0 Å². The van der Waals surface area contributed by atoms with Crippen molar-refractivity contribution >= 4 is 17.6 Å². The Morgan fingerprint density at radius 2 is 2.00 bits per heavy atom. The molecule has 0 saturated carbocycles. The summed E-state index contributed by atoms with van der Waals surface area (Å²) in [5.41, 5.74) is -1.18. The Bertz CT molecular complexity index is 667. The van der Waals surface area contributed by atoms with E-state index in [1.54, 1.807) is 6.92 Å². The monoisotopic (exact) mass is 362 g/mol. The highest BCUT2D eigenvalue weighted by atomic mass is 19.3. The van der Waals surface area contributed by atoms with Gasteiger partial charge in [-0.05, 0) is 5.92 Å². The second-order valence-electron chi connectivity index (χ2n) is 5.07. The van der Waals surface area contributed by atoms with Crippen LogP contribution >= 0.6 is 0 Å². The average Bonchev–Trinajstić information content (AvgIpc) is 2.50. The molecule has 0 aliphatic carbocycles. The number of hydrogen-bond acceptors (Lipinski definition) is 6. The van der Waals surface area contributed by atoms with Crippen LogP contribution in [0.5, 0.6) is 11.5 Å². The second-order valence-corrected chi connectivity index (χ2v) is 5.07. The predicted octanol–water partition coefficient (Wildman–Crippen LogP) is 2.05. The molecule has 1 unspecified atom stereocenters. The van der Waals surface area contributed by atoms with Crippen LogP contribution in [0.3, 0.4) is 0 Å². The molecule has 1 rings (SSSR count). The van der Waals surface area contributed by atoms with E-state index in [9.17, 15) is 28.5 Å².